The second kappa shape index (κ2) is 6.23. The van der Waals surface area contributed by atoms with Gasteiger partial charge in [-0.3, -0.25) is 0 Å². The number of hydrogen-bond acceptors (Lipinski definition) is 1. The third-order valence-corrected chi connectivity index (χ3v) is 1.80. The number of carbonyl (C=O) groups is 1. The van der Waals surface area contributed by atoms with E-state index in [1.807, 2.05) is 13.0 Å². The summed E-state index contributed by atoms with van der Waals surface area (Å²) < 4.78 is 0. The summed E-state index contributed by atoms with van der Waals surface area (Å²) in [5.74, 6) is -0.993. The predicted molar refractivity (Wildman–Crippen MR) is 54.5 cm³/mol. The summed E-state index contributed by atoms with van der Waals surface area (Å²) in [6.45, 7) is 9.09. The smallest absolute Gasteiger partial charge is 0.331 e. The molecule has 0 aromatic rings. The Morgan fingerprint density at radius 1 is 1.62 bits per heavy atom. The van der Waals surface area contributed by atoms with Crippen LogP contribution < -0.4 is 0 Å². The highest BCUT2D eigenvalue weighted by atomic mass is 16.4. The number of carboxylic acid groups (broad SMARTS) is 1. The molecule has 0 radical (unpaired) electrons. The molecule has 1 unspecified atom stereocenters. The van der Waals surface area contributed by atoms with Gasteiger partial charge in [0.1, 0.15) is 0 Å². The molecule has 0 aromatic heterocycles. The SMILES string of the molecule is C=CC=CC(CCC)C(=C)C(=O)O. The summed E-state index contributed by atoms with van der Waals surface area (Å²) in [6.07, 6.45) is 6.98. The molecule has 1 N–H and O–H groups in total. The van der Waals surface area contributed by atoms with Crippen molar-refractivity contribution in [3.8, 4) is 0 Å². The average molecular weight is 180 g/mol. The van der Waals surface area contributed by atoms with Crippen LogP contribution in [0.3, 0.4) is 0 Å². The van der Waals surface area contributed by atoms with Crippen molar-refractivity contribution in [1.29, 1.82) is 0 Å². The van der Waals surface area contributed by atoms with Gasteiger partial charge in [0.15, 0.2) is 0 Å². The minimum absolute atomic E-state index is 0.0690. The standard InChI is InChI=1S/C11H16O2/c1-4-6-8-10(7-5-2)9(3)11(12)13/h4,6,8,10H,1,3,5,7H2,2H3,(H,12,13). The first-order valence-corrected chi connectivity index (χ1v) is 4.34. The van der Waals surface area contributed by atoms with Crippen molar-refractivity contribution in [2.45, 2.75) is 19.8 Å². The predicted octanol–water partition coefficient (Wildman–Crippen LogP) is 2.79. The maximum atomic E-state index is 10.6. The quantitative estimate of drug-likeness (QED) is 0.504. The van der Waals surface area contributed by atoms with E-state index in [4.69, 9.17) is 5.11 Å². The van der Waals surface area contributed by atoms with Crippen LogP contribution in [0, 0.1) is 5.92 Å². The molecule has 0 amide bonds. The third kappa shape index (κ3) is 4.31. The lowest BCUT2D eigenvalue weighted by Crippen LogP contribution is -2.09. The fourth-order valence-electron chi connectivity index (χ4n) is 1.07. The molecule has 0 aromatic carbocycles. The minimum Gasteiger partial charge on any atom is -0.478 e. The molecule has 0 aliphatic heterocycles. The maximum Gasteiger partial charge on any atom is 0.331 e. The van der Waals surface area contributed by atoms with Crippen molar-refractivity contribution in [1.82, 2.24) is 0 Å². The topological polar surface area (TPSA) is 37.3 Å². The van der Waals surface area contributed by atoms with Crippen LogP contribution in [0.4, 0.5) is 0 Å². The lowest BCUT2D eigenvalue weighted by Gasteiger charge is -2.10. The fourth-order valence-corrected chi connectivity index (χ4v) is 1.07. The van der Waals surface area contributed by atoms with Gasteiger partial charge in [0.05, 0.1) is 0 Å². The van der Waals surface area contributed by atoms with E-state index < -0.39 is 5.97 Å². The summed E-state index contributed by atoms with van der Waals surface area (Å²) in [6, 6.07) is 0. The fraction of sp³-hybridized carbons (Fsp3) is 0.364. The van der Waals surface area contributed by atoms with E-state index in [1.54, 1.807) is 12.2 Å². The molecule has 1 atom stereocenters. The van der Waals surface area contributed by atoms with Crippen molar-refractivity contribution < 1.29 is 9.90 Å². The van der Waals surface area contributed by atoms with Gasteiger partial charge >= 0.3 is 5.97 Å². The van der Waals surface area contributed by atoms with Crippen molar-refractivity contribution >= 4 is 5.97 Å². The second-order valence-corrected chi connectivity index (χ2v) is 2.85. The molecule has 0 heterocycles. The van der Waals surface area contributed by atoms with Crippen LogP contribution >= 0.6 is 0 Å². The van der Waals surface area contributed by atoms with Crippen LogP contribution in [0.25, 0.3) is 0 Å². The van der Waals surface area contributed by atoms with Crippen molar-refractivity contribution in [2.24, 2.45) is 5.92 Å². The highest BCUT2D eigenvalue weighted by molar-refractivity contribution is 5.86. The van der Waals surface area contributed by atoms with Crippen LogP contribution in [0.1, 0.15) is 19.8 Å². The van der Waals surface area contributed by atoms with Gasteiger partial charge in [-0.25, -0.2) is 4.79 Å². The molecule has 0 saturated carbocycles. The summed E-state index contributed by atoms with van der Waals surface area (Å²) in [5.41, 5.74) is 0.250. The average Bonchev–Trinajstić information content (AvgIpc) is 2.11. The normalized spacial score (nSPS) is 12.7. The number of aliphatic carboxylic acids is 1. The molecule has 0 aliphatic carbocycles. The zero-order chi connectivity index (χ0) is 10.3. The van der Waals surface area contributed by atoms with Gasteiger partial charge in [-0.2, -0.15) is 0 Å². The maximum absolute atomic E-state index is 10.6. The number of allylic oxidation sites excluding steroid dienone is 3. The lowest BCUT2D eigenvalue weighted by molar-refractivity contribution is -0.133. The van der Waals surface area contributed by atoms with Crippen LogP contribution in [0.2, 0.25) is 0 Å². The third-order valence-electron chi connectivity index (χ3n) is 1.80. The zero-order valence-corrected chi connectivity index (χ0v) is 7.99. The Bertz CT molecular complexity index is 226. The Morgan fingerprint density at radius 2 is 2.23 bits per heavy atom. The van der Waals surface area contributed by atoms with Gasteiger partial charge in [0.25, 0.3) is 0 Å². The van der Waals surface area contributed by atoms with Crippen molar-refractivity contribution in [2.75, 3.05) is 0 Å². The van der Waals surface area contributed by atoms with Crippen LogP contribution in [-0.4, -0.2) is 11.1 Å². The first kappa shape index (κ1) is 11.7. The van der Waals surface area contributed by atoms with Crippen LogP contribution in [0.5, 0.6) is 0 Å². The largest absolute Gasteiger partial charge is 0.478 e. The number of rotatable bonds is 6. The van der Waals surface area contributed by atoms with E-state index in [-0.39, 0.29) is 11.5 Å². The number of hydrogen-bond donors (Lipinski definition) is 1. The van der Waals surface area contributed by atoms with Crippen LogP contribution in [-0.2, 0) is 4.79 Å². The molecule has 0 fully saturated rings. The highest BCUT2D eigenvalue weighted by Gasteiger charge is 2.13. The molecule has 0 spiro atoms. The molecule has 0 aliphatic rings. The molecular weight excluding hydrogens is 164 g/mol. The van der Waals surface area contributed by atoms with Gasteiger partial charge in [0.2, 0.25) is 0 Å². The van der Waals surface area contributed by atoms with E-state index in [0.717, 1.165) is 12.8 Å². The van der Waals surface area contributed by atoms with Gasteiger partial charge in [0, 0.05) is 11.5 Å². The first-order valence-electron chi connectivity index (χ1n) is 4.34. The Hall–Kier alpha value is -1.31. The Balaban J connectivity index is 4.40. The summed E-state index contributed by atoms with van der Waals surface area (Å²) in [4.78, 5) is 10.6. The van der Waals surface area contributed by atoms with Crippen LogP contribution in [0.15, 0.2) is 37.0 Å². The molecule has 13 heavy (non-hydrogen) atoms. The van der Waals surface area contributed by atoms with Gasteiger partial charge in [-0.1, -0.05) is 44.7 Å². The molecule has 0 saturated heterocycles. The summed E-state index contributed by atoms with van der Waals surface area (Å²) in [7, 11) is 0. The Labute approximate surface area is 79.3 Å². The lowest BCUT2D eigenvalue weighted by atomic mass is 9.95. The summed E-state index contributed by atoms with van der Waals surface area (Å²) in [5, 5.41) is 8.72. The summed E-state index contributed by atoms with van der Waals surface area (Å²) >= 11 is 0. The van der Waals surface area contributed by atoms with E-state index in [9.17, 15) is 4.79 Å². The highest BCUT2D eigenvalue weighted by Crippen LogP contribution is 2.17. The van der Waals surface area contributed by atoms with Crippen molar-refractivity contribution in [3.63, 3.8) is 0 Å². The molecule has 72 valence electrons. The Morgan fingerprint density at radius 3 is 2.62 bits per heavy atom. The van der Waals surface area contributed by atoms with E-state index in [2.05, 4.69) is 13.2 Å². The number of carboxylic acids is 1. The van der Waals surface area contributed by atoms with Gasteiger partial charge < -0.3 is 5.11 Å². The zero-order valence-electron chi connectivity index (χ0n) is 7.99. The van der Waals surface area contributed by atoms with Gasteiger partial charge in [-0.05, 0) is 6.42 Å². The monoisotopic (exact) mass is 180 g/mol. The molecule has 2 heteroatoms. The molecule has 2 nitrogen and oxygen atoms in total. The first-order chi connectivity index (χ1) is 6.13. The van der Waals surface area contributed by atoms with E-state index in [0.29, 0.717) is 0 Å². The van der Waals surface area contributed by atoms with E-state index in [1.165, 1.54) is 0 Å². The second-order valence-electron chi connectivity index (χ2n) is 2.85. The minimum atomic E-state index is -0.924. The molecule has 0 bridgehead atoms. The van der Waals surface area contributed by atoms with Crippen molar-refractivity contribution in [3.05, 3.63) is 37.0 Å². The van der Waals surface area contributed by atoms with Gasteiger partial charge in [-0.15, -0.1) is 0 Å². The Kier molecular flexibility index (Phi) is 5.60. The van der Waals surface area contributed by atoms with E-state index >= 15 is 0 Å². The molecule has 0 rings (SSSR count). The molecular formula is C11H16O2.